The van der Waals surface area contributed by atoms with E-state index in [-0.39, 0.29) is 6.04 Å². The number of alkyl halides is 1. The van der Waals surface area contributed by atoms with E-state index in [0.29, 0.717) is 10.6 Å². The highest BCUT2D eigenvalue weighted by atomic mass is 35.5. The Hall–Kier alpha value is -0.600. The monoisotopic (exact) mass is 227 g/mol. The Morgan fingerprint density at radius 1 is 1.53 bits per heavy atom. The number of rotatable bonds is 2. The van der Waals surface area contributed by atoms with E-state index in [9.17, 15) is 4.39 Å². The molecular weight excluding hydrogens is 213 g/mol. The number of nitrogens with one attached hydrogen (secondary N) is 1. The average Bonchev–Trinajstić information content (AvgIpc) is 2.69. The summed E-state index contributed by atoms with van der Waals surface area (Å²) < 4.78 is 13.5. The summed E-state index contributed by atoms with van der Waals surface area (Å²) in [5, 5.41) is 3.91. The number of benzene rings is 1. The molecule has 0 radical (unpaired) electrons. The molecule has 1 aliphatic rings. The predicted octanol–water partition coefficient (Wildman–Crippen LogP) is 3.80. The number of hydrogen-bond acceptors (Lipinski definition) is 1. The third-order valence-electron chi connectivity index (χ3n) is 2.92. The Bertz CT molecular complexity index is 345. The van der Waals surface area contributed by atoms with Crippen molar-refractivity contribution in [3.63, 3.8) is 0 Å². The molecule has 1 aromatic carbocycles. The van der Waals surface area contributed by atoms with Gasteiger partial charge < -0.3 is 5.32 Å². The fraction of sp³-hybridized carbons (Fsp3) is 0.500. The molecule has 3 heteroatoms. The Morgan fingerprint density at radius 2 is 2.33 bits per heavy atom. The lowest BCUT2D eigenvalue weighted by atomic mass is 9.96. The number of hydrogen-bond donors (Lipinski definition) is 1. The summed E-state index contributed by atoms with van der Waals surface area (Å²) in [7, 11) is 0. The molecule has 82 valence electrons. The smallest absolute Gasteiger partial charge is 0.124 e. The molecular formula is C12H15ClFN. The van der Waals surface area contributed by atoms with Gasteiger partial charge in [0.2, 0.25) is 0 Å². The molecule has 1 N–H and O–H groups in total. The second kappa shape index (κ2) is 4.50. The van der Waals surface area contributed by atoms with Crippen LogP contribution in [0.15, 0.2) is 18.2 Å². The third-order valence-corrected chi connectivity index (χ3v) is 3.25. The van der Waals surface area contributed by atoms with Crippen LogP contribution >= 0.6 is 11.6 Å². The van der Waals surface area contributed by atoms with E-state index in [1.807, 2.05) is 12.1 Å². The van der Waals surface area contributed by atoms with Crippen LogP contribution in [0.5, 0.6) is 0 Å². The molecule has 1 aliphatic heterocycles. The highest BCUT2D eigenvalue weighted by Gasteiger charge is 2.22. The number of halogens is 2. The Labute approximate surface area is 94.6 Å². The SMILES string of the molecule is CC(F)c1c(Cl)cccc1C1CCCN1. The van der Waals surface area contributed by atoms with Gasteiger partial charge in [0.1, 0.15) is 6.17 Å². The van der Waals surface area contributed by atoms with Crippen LogP contribution in [0.1, 0.15) is 43.1 Å². The maximum atomic E-state index is 13.5. The van der Waals surface area contributed by atoms with Crippen LogP contribution < -0.4 is 5.32 Å². The summed E-state index contributed by atoms with van der Waals surface area (Å²) >= 11 is 6.04. The van der Waals surface area contributed by atoms with Crippen molar-refractivity contribution in [2.45, 2.75) is 32.0 Å². The van der Waals surface area contributed by atoms with Crippen molar-refractivity contribution in [1.29, 1.82) is 0 Å². The fourth-order valence-corrected chi connectivity index (χ4v) is 2.56. The normalized spacial score (nSPS) is 23.0. The first-order valence-electron chi connectivity index (χ1n) is 5.36. The molecule has 1 saturated heterocycles. The lowest BCUT2D eigenvalue weighted by Gasteiger charge is -2.17. The van der Waals surface area contributed by atoms with Crippen LogP contribution in [0.2, 0.25) is 5.02 Å². The molecule has 2 unspecified atom stereocenters. The molecule has 1 aromatic rings. The summed E-state index contributed by atoms with van der Waals surface area (Å²) in [6.45, 7) is 2.55. The van der Waals surface area contributed by atoms with E-state index >= 15 is 0 Å². The molecule has 0 aliphatic carbocycles. The van der Waals surface area contributed by atoms with Gasteiger partial charge in [-0.15, -0.1) is 0 Å². The molecule has 2 atom stereocenters. The molecule has 1 heterocycles. The Balaban J connectivity index is 2.40. The Kier molecular flexibility index (Phi) is 3.27. The van der Waals surface area contributed by atoms with Gasteiger partial charge in [0, 0.05) is 16.6 Å². The van der Waals surface area contributed by atoms with E-state index in [2.05, 4.69) is 5.32 Å². The minimum Gasteiger partial charge on any atom is -0.310 e. The van der Waals surface area contributed by atoms with E-state index in [1.54, 1.807) is 13.0 Å². The minimum atomic E-state index is -1.00. The lowest BCUT2D eigenvalue weighted by Crippen LogP contribution is -2.15. The highest BCUT2D eigenvalue weighted by Crippen LogP contribution is 2.35. The molecule has 2 rings (SSSR count). The van der Waals surface area contributed by atoms with Crippen LogP contribution in [0.25, 0.3) is 0 Å². The van der Waals surface area contributed by atoms with Crippen molar-refractivity contribution < 1.29 is 4.39 Å². The molecule has 0 spiro atoms. The van der Waals surface area contributed by atoms with Crippen molar-refractivity contribution in [2.75, 3.05) is 6.54 Å². The van der Waals surface area contributed by atoms with Crippen LogP contribution in [0.3, 0.4) is 0 Å². The second-order valence-corrected chi connectivity index (χ2v) is 4.41. The van der Waals surface area contributed by atoms with Crippen molar-refractivity contribution in [1.82, 2.24) is 5.32 Å². The van der Waals surface area contributed by atoms with Crippen molar-refractivity contribution >= 4 is 11.6 Å². The van der Waals surface area contributed by atoms with E-state index < -0.39 is 6.17 Å². The van der Waals surface area contributed by atoms with E-state index in [4.69, 9.17) is 11.6 Å². The zero-order chi connectivity index (χ0) is 10.8. The maximum absolute atomic E-state index is 13.5. The van der Waals surface area contributed by atoms with Crippen LogP contribution in [0.4, 0.5) is 4.39 Å². The van der Waals surface area contributed by atoms with Gasteiger partial charge in [-0.05, 0) is 37.9 Å². The first-order valence-corrected chi connectivity index (χ1v) is 5.73. The van der Waals surface area contributed by atoms with Gasteiger partial charge in [0.05, 0.1) is 0 Å². The summed E-state index contributed by atoms with van der Waals surface area (Å²) in [6, 6.07) is 5.90. The van der Waals surface area contributed by atoms with Gasteiger partial charge >= 0.3 is 0 Å². The fourth-order valence-electron chi connectivity index (χ4n) is 2.23. The van der Waals surface area contributed by atoms with Crippen molar-refractivity contribution in [3.05, 3.63) is 34.3 Å². The van der Waals surface area contributed by atoms with Gasteiger partial charge in [0.25, 0.3) is 0 Å². The Morgan fingerprint density at radius 3 is 2.93 bits per heavy atom. The van der Waals surface area contributed by atoms with Crippen LogP contribution in [-0.4, -0.2) is 6.54 Å². The van der Waals surface area contributed by atoms with Gasteiger partial charge in [-0.3, -0.25) is 0 Å². The zero-order valence-corrected chi connectivity index (χ0v) is 9.52. The van der Waals surface area contributed by atoms with Gasteiger partial charge in [-0.1, -0.05) is 23.7 Å². The van der Waals surface area contributed by atoms with Gasteiger partial charge in [0.15, 0.2) is 0 Å². The highest BCUT2D eigenvalue weighted by molar-refractivity contribution is 6.31. The maximum Gasteiger partial charge on any atom is 0.124 e. The van der Waals surface area contributed by atoms with Crippen molar-refractivity contribution in [2.24, 2.45) is 0 Å². The summed E-state index contributed by atoms with van der Waals surface area (Å²) in [4.78, 5) is 0. The second-order valence-electron chi connectivity index (χ2n) is 4.01. The topological polar surface area (TPSA) is 12.0 Å². The molecule has 0 saturated carbocycles. The third kappa shape index (κ3) is 2.16. The van der Waals surface area contributed by atoms with Crippen LogP contribution in [0, 0.1) is 0 Å². The molecule has 1 nitrogen and oxygen atoms in total. The van der Waals surface area contributed by atoms with Gasteiger partial charge in [-0.2, -0.15) is 0 Å². The molecule has 0 bridgehead atoms. The largest absolute Gasteiger partial charge is 0.310 e. The minimum absolute atomic E-state index is 0.275. The first-order chi connectivity index (χ1) is 7.20. The van der Waals surface area contributed by atoms with Crippen molar-refractivity contribution in [3.8, 4) is 0 Å². The first kappa shape index (κ1) is 10.9. The molecule has 0 aromatic heterocycles. The molecule has 15 heavy (non-hydrogen) atoms. The molecule has 1 fully saturated rings. The molecule has 0 amide bonds. The zero-order valence-electron chi connectivity index (χ0n) is 8.76. The van der Waals surface area contributed by atoms with Gasteiger partial charge in [-0.25, -0.2) is 4.39 Å². The van der Waals surface area contributed by atoms with E-state index in [0.717, 1.165) is 24.9 Å². The summed E-state index contributed by atoms with van der Waals surface area (Å²) in [6.07, 6.45) is 1.22. The predicted molar refractivity (Wildman–Crippen MR) is 61.0 cm³/mol. The van der Waals surface area contributed by atoms with Crippen LogP contribution in [-0.2, 0) is 0 Å². The summed E-state index contributed by atoms with van der Waals surface area (Å²) in [5.41, 5.74) is 1.67. The quantitative estimate of drug-likeness (QED) is 0.811. The average molecular weight is 228 g/mol. The standard InChI is InChI=1S/C12H15ClFN/c1-8(14)12-9(4-2-5-10(12)13)11-6-3-7-15-11/h2,4-5,8,11,15H,3,6-7H2,1H3. The van der Waals surface area contributed by atoms with E-state index in [1.165, 1.54) is 0 Å². The lowest BCUT2D eigenvalue weighted by molar-refractivity contribution is 0.369. The summed E-state index contributed by atoms with van der Waals surface area (Å²) in [5.74, 6) is 0.